The summed E-state index contributed by atoms with van der Waals surface area (Å²) in [4.78, 5) is 0. The van der Waals surface area contributed by atoms with Crippen molar-refractivity contribution in [2.45, 2.75) is 91.4 Å². The predicted molar refractivity (Wildman–Crippen MR) is 118 cm³/mol. The highest BCUT2D eigenvalue weighted by atomic mass is 16.3. The lowest BCUT2D eigenvalue weighted by Gasteiger charge is -2.64. The Labute approximate surface area is 176 Å². The van der Waals surface area contributed by atoms with Crippen molar-refractivity contribution in [3.05, 3.63) is 34.4 Å². The molecule has 1 aromatic carbocycles. The molecule has 0 amide bonds. The lowest BCUT2D eigenvalue weighted by atomic mass is 9.41. The maximum Gasteiger partial charge on any atom is 0.160 e. The van der Waals surface area contributed by atoms with E-state index in [0.29, 0.717) is 5.41 Å². The number of fused-ring (bicyclic) bond motifs is 7. The van der Waals surface area contributed by atoms with E-state index >= 15 is 0 Å². The minimum Gasteiger partial charge on any atom is -0.504 e. The van der Waals surface area contributed by atoms with E-state index in [-0.39, 0.29) is 22.3 Å². The molecule has 3 fully saturated rings. The monoisotopic (exact) mass is 394 g/mol. The Morgan fingerprint density at radius 2 is 1.72 bits per heavy atom. The number of phenols is 2. The minimum absolute atomic E-state index is 0.0111. The Morgan fingerprint density at radius 1 is 0.966 bits per heavy atom. The Morgan fingerprint density at radius 3 is 2.48 bits per heavy atom. The van der Waals surface area contributed by atoms with Crippen LogP contribution in [0.15, 0.2) is 17.7 Å². The van der Waals surface area contributed by atoms with Gasteiger partial charge in [-0.2, -0.15) is 0 Å². The zero-order valence-electron chi connectivity index (χ0n) is 18.9. The van der Waals surface area contributed by atoms with Gasteiger partial charge in [-0.3, -0.25) is 0 Å². The molecule has 158 valence electrons. The maximum absolute atomic E-state index is 10.4. The van der Waals surface area contributed by atoms with E-state index in [9.17, 15) is 10.2 Å². The molecule has 2 N–H and O–H groups in total. The van der Waals surface area contributed by atoms with Crippen LogP contribution in [0.5, 0.6) is 11.5 Å². The topological polar surface area (TPSA) is 40.5 Å². The molecule has 0 spiro atoms. The van der Waals surface area contributed by atoms with Gasteiger partial charge in [-0.15, -0.1) is 0 Å². The van der Waals surface area contributed by atoms with Crippen molar-refractivity contribution in [2.75, 3.05) is 0 Å². The zero-order valence-corrected chi connectivity index (χ0v) is 18.9. The first-order chi connectivity index (χ1) is 13.6. The Kier molecular flexibility index (Phi) is 4.07. The highest BCUT2D eigenvalue weighted by molar-refractivity contribution is 5.60. The van der Waals surface area contributed by atoms with E-state index in [4.69, 9.17) is 0 Å². The summed E-state index contributed by atoms with van der Waals surface area (Å²) in [6.45, 7) is 12.0. The number of allylic oxidation sites excluding steroid dienone is 2. The van der Waals surface area contributed by atoms with Crippen LogP contribution in [-0.2, 0) is 11.8 Å². The first-order valence-electron chi connectivity index (χ1n) is 11.9. The smallest absolute Gasteiger partial charge is 0.160 e. The number of aromatic hydroxyl groups is 2. The zero-order chi connectivity index (χ0) is 20.8. The molecule has 29 heavy (non-hydrogen) atoms. The van der Waals surface area contributed by atoms with E-state index < -0.39 is 0 Å². The third kappa shape index (κ3) is 2.47. The van der Waals surface area contributed by atoms with Crippen molar-refractivity contribution in [1.82, 2.24) is 0 Å². The van der Waals surface area contributed by atoms with Crippen LogP contribution in [0, 0.1) is 35.5 Å². The average molecular weight is 395 g/mol. The number of rotatable bonds is 0. The van der Waals surface area contributed by atoms with Gasteiger partial charge in [0.2, 0.25) is 0 Å². The molecule has 5 rings (SSSR count). The summed E-state index contributed by atoms with van der Waals surface area (Å²) in [7, 11) is 0. The van der Waals surface area contributed by atoms with Gasteiger partial charge in [-0.1, -0.05) is 45.8 Å². The second kappa shape index (κ2) is 6.05. The van der Waals surface area contributed by atoms with Gasteiger partial charge in [0, 0.05) is 5.41 Å². The second-order valence-electron chi connectivity index (χ2n) is 11.8. The summed E-state index contributed by atoms with van der Waals surface area (Å²) in [6.07, 6.45) is 12.8. The molecule has 0 aromatic heterocycles. The first kappa shape index (κ1) is 19.5. The summed E-state index contributed by atoms with van der Waals surface area (Å²) in [5, 5.41) is 20.7. The lowest BCUT2D eigenvalue weighted by molar-refractivity contribution is -0.0808. The highest BCUT2D eigenvalue weighted by Gasteiger charge is 2.59. The molecule has 1 aromatic rings. The molecule has 0 aliphatic heterocycles. The van der Waals surface area contributed by atoms with Crippen LogP contribution in [-0.4, -0.2) is 10.2 Å². The van der Waals surface area contributed by atoms with E-state index in [2.05, 4.69) is 33.8 Å². The van der Waals surface area contributed by atoms with Gasteiger partial charge >= 0.3 is 0 Å². The Hall–Kier alpha value is -1.44. The molecule has 6 atom stereocenters. The fraction of sp³-hybridized carbons (Fsp3) is 0.704. The highest BCUT2D eigenvalue weighted by Crippen LogP contribution is 2.68. The van der Waals surface area contributed by atoms with Gasteiger partial charge in [-0.25, -0.2) is 0 Å². The number of phenolic OH excluding ortho intramolecular Hbond substituents is 2. The normalized spacial score (nSPS) is 43.5. The summed E-state index contributed by atoms with van der Waals surface area (Å²) in [5.41, 5.74) is 5.81. The molecule has 4 aliphatic rings. The van der Waals surface area contributed by atoms with Gasteiger partial charge < -0.3 is 10.2 Å². The molecule has 3 saturated carbocycles. The summed E-state index contributed by atoms with van der Waals surface area (Å²) in [5.74, 6) is 2.62. The molecular formula is C27H38O2. The molecule has 4 aliphatic carbocycles. The van der Waals surface area contributed by atoms with Crippen molar-refractivity contribution in [1.29, 1.82) is 0 Å². The SMILES string of the molecule is Cc1c(O)c(O)cc2c1CC=C1C2(C)CCC2C3CC(C)CCC3(C)CCC12C. The number of hydrogen-bond donors (Lipinski definition) is 2. The fourth-order valence-corrected chi connectivity index (χ4v) is 8.32. The van der Waals surface area contributed by atoms with Crippen LogP contribution in [0.25, 0.3) is 0 Å². The van der Waals surface area contributed by atoms with Crippen LogP contribution in [0.3, 0.4) is 0 Å². The largest absolute Gasteiger partial charge is 0.504 e. The van der Waals surface area contributed by atoms with Crippen LogP contribution in [0.2, 0.25) is 0 Å². The summed E-state index contributed by atoms with van der Waals surface area (Å²) < 4.78 is 0. The second-order valence-corrected chi connectivity index (χ2v) is 11.8. The standard InChI is InChI=1S/C27H38O2/c1-16-8-10-25(3)12-13-27(5)19(21(25)14-16)9-11-26(4)20-15-22(28)24(29)17(2)18(20)6-7-23(26)27/h7,15-16,19,21,28-29H,6,8-14H2,1-5H3. The number of hydrogen-bond acceptors (Lipinski definition) is 2. The molecule has 2 heteroatoms. The van der Waals surface area contributed by atoms with Gasteiger partial charge in [0.15, 0.2) is 11.5 Å². The molecule has 0 bridgehead atoms. The van der Waals surface area contributed by atoms with Crippen LogP contribution in [0.4, 0.5) is 0 Å². The third-order valence-corrected chi connectivity index (χ3v) is 10.2. The molecule has 0 heterocycles. The van der Waals surface area contributed by atoms with E-state index in [0.717, 1.165) is 36.2 Å². The molecular weight excluding hydrogens is 356 g/mol. The third-order valence-electron chi connectivity index (χ3n) is 10.2. The van der Waals surface area contributed by atoms with Gasteiger partial charge in [0.25, 0.3) is 0 Å². The molecule has 0 saturated heterocycles. The maximum atomic E-state index is 10.4. The van der Waals surface area contributed by atoms with Crippen molar-refractivity contribution in [3.8, 4) is 11.5 Å². The Balaban J connectivity index is 1.60. The predicted octanol–water partition coefficient (Wildman–Crippen LogP) is 6.80. The van der Waals surface area contributed by atoms with E-state index in [1.54, 1.807) is 5.57 Å². The van der Waals surface area contributed by atoms with Crippen LogP contribution in [0.1, 0.15) is 89.3 Å². The molecule has 2 nitrogen and oxygen atoms in total. The van der Waals surface area contributed by atoms with E-state index in [1.807, 2.05) is 13.0 Å². The van der Waals surface area contributed by atoms with Crippen LogP contribution < -0.4 is 0 Å². The first-order valence-corrected chi connectivity index (χ1v) is 11.9. The number of benzene rings is 1. The average Bonchev–Trinajstić information content (AvgIpc) is 2.67. The van der Waals surface area contributed by atoms with Crippen molar-refractivity contribution < 1.29 is 10.2 Å². The minimum atomic E-state index is -0.0111. The van der Waals surface area contributed by atoms with Crippen LogP contribution >= 0.6 is 0 Å². The van der Waals surface area contributed by atoms with E-state index in [1.165, 1.54) is 49.7 Å². The van der Waals surface area contributed by atoms with Gasteiger partial charge in [-0.05, 0) is 103 Å². The molecule has 6 unspecified atom stereocenters. The summed E-state index contributed by atoms with van der Waals surface area (Å²) >= 11 is 0. The van der Waals surface area contributed by atoms with Crippen molar-refractivity contribution in [3.63, 3.8) is 0 Å². The Bertz CT molecular complexity index is 898. The van der Waals surface area contributed by atoms with Crippen molar-refractivity contribution in [2.24, 2.45) is 28.6 Å². The fourth-order valence-electron chi connectivity index (χ4n) is 8.32. The molecule has 0 radical (unpaired) electrons. The van der Waals surface area contributed by atoms with Gasteiger partial charge in [0.05, 0.1) is 0 Å². The summed E-state index contributed by atoms with van der Waals surface area (Å²) in [6, 6.07) is 1.88. The lowest BCUT2D eigenvalue weighted by Crippen LogP contribution is -2.55. The van der Waals surface area contributed by atoms with Gasteiger partial charge in [0.1, 0.15) is 0 Å². The quantitative estimate of drug-likeness (QED) is 0.375. The van der Waals surface area contributed by atoms with Crippen molar-refractivity contribution >= 4 is 0 Å².